The highest BCUT2D eigenvalue weighted by Crippen LogP contribution is 2.25. The van der Waals surface area contributed by atoms with Gasteiger partial charge >= 0.3 is 0 Å². The van der Waals surface area contributed by atoms with Crippen LogP contribution in [0.2, 0.25) is 0 Å². The number of aromatic nitrogens is 2. The number of aryl methyl sites for hydroxylation is 1. The molecule has 6 heteroatoms. The van der Waals surface area contributed by atoms with Crippen LogP contribution in [0.25, 0.3) is 0 Å². The summed E-state index contributed by atoms with van der Waals surface area (Å²) >= 11 is 0. The van der Waals surface area contributed by atoms with Crippen molar-refractivity contribution in [2.75, 3.05) is 4.31 Å². The summed E-state index contributed by atoms with van der Waals surface area (Å²) in [6, 6.07) is 18.7. The standard InChI is InChI=1S/C18H19N3O2S/c1-2-20-15-18(13-19-20)24(22,23)21(17-11-7-4-8-12-17)14-16-9-5-3-6-10-16/h3-13,15H,2,14H2,1H3. The average Bonchev–Trinajstić information content (AvgIpc) is 3.11. The number of rotatable bonds is 6. The van der Waals surface area contributed by atoms with Crippen molar-refractivity contribution in [2.24, 2.45) is 0 Å². The molecule has 0 N–H and O–H groups in total. The Kier molecular flexibility index (Phi) is 4.66. The smallest absolute Gasteiger partial charge is 0.267 e. The van der Waals surface area contributed by atoms with Crippen LogP contribution >= 0.6 is 0 Å². The van der Waals surface area contributed by atoms with Gasteiger partial charge in [-0.15, -0.1) is 0 Å². The zero-order chi connectivity index (χ0) is 17.0. The molecule has 2 aromatic carbocycles. The molecule has 0 saturated heterocycles. The first-order chi connectivity index (χ1) is 11.6. The summed E-state index contributed by atoms with van der Waals surface area (Å²) in [5, 5.41) is 4.09. The van der Waals surface area contributed by atoms with E-state index in [4.69, 9.17) is 0 Å². The van der Waals surface area contributed by atoms with E-state index >= 15 is 0 Å². The van der Waals surface area contributed by atoms with Gasteiger partial charge in [-0.05, 0) is 24.6 Å². The minimum absolute atomic E-state index is 0.198. The Hall–Kier alpha value is -2.60. The summed E-state index contributed by atoms with van der Waals surface area (Å²) in [7, 11) is -3.69. The molecule has 3 rings (SSSR count). The van der Waals surface area contributed by atoms with E-state index in [1.54, 1.807) is 23.0 Å². The molecule has 0 unspecified atom stereocenters. The van der Waals surface area contributed by atoms with Crippen LogP contribution in [0.4, 0.5) is 5.69 Å². The molecule has 24 heavy (non-hydrogen) atoms. The van der Waals surface area contributed by atoms with E-state index in [9.17, 15) is 8.42 Å². The molecule has 124 valence electrons. The van der Waals surface area contributed by atoms with Crippen LogP contribution in [0.1, 0.15) is 12.5 Å². The molecule has 0 atom stereocenters. The van der Waals surface area contributed by atoms with E-state index < -0.39 is 10.0 Å². The Labute approximate surface area is 142 Å². The summed E-state index contributed by atoms with van der Waals surface area (Å²) in [4.78, 5) is 0.198. The molecular formula is C18H19N3O2S. The maximum atomic E-state index is 13.1. The van der Waals surface area contributed by atoms with E-state index in [0.29, 0.717) is 12.2 Å². The number of nitrogens with zero attached hydrogens (tertiary/aromatic N) is 3. The van der Waals surface area contributed by atoms with E-state index in [0.717, 1.165) is 5.56 Å². The Morgan fingerprint density at radius 3 is 2.21 bits per heavy atom. The molecule has 0 bridgehead atoms. The van der Waals surface area contributed by atoms with Gasteiger partial charge in [-0.2, -0.15) is 5.10 Å². The molecule has 0 radical (unpaired) electrons. The van der Waals surface area contributed by atoms with E-state index in [1.807, 2.05) is 55.5 Å². The molecule has 0 amide bonds. The molecule has 0 aliphatic heterocycles. The van der Waals surface area contributed by atoms with Crippen molar-refractivity contribution in [1.82, 2.24) is 9.78 Å². The summed E-state index contributed by atoms with van der Waals surface area (Å²) in [6.45, 7) is 2.81. The quantitative estimate of drug-likeness (QED) is 0.691. The van der Waals surface area contributed by atoms with Crippen LogP contribution in [-0.4, -0.2) is 18.2 Å². The number of para-hydroxylation sites is 1. The minimum atomic E-state index is -3.69. The maximum Gasteiger partial charge on any atom is 0.267 e. The van der Waals surface area contributed by atoms with Crippen LogP contribution in [0.15, 0.2) is 78.0 Å². The summed E-state index contributed by atoms with van der Waals surface area (Å²) < 4.78 is 29.3. The van der Waals surface area contributed by atoms with Gasteiger partial charge < -0.3 is 0 Å². The van der Waals surface area contributed by atoms with Crippen molar-refractivity contribution in [3.05, 3.63) is 78.6 Å². The minimum Gasteiger partial charge on any atom is -0.272 e. The van der Waals surface area contributed by atoms with Crippen LogP contribution in [0.5, 0.6) is 0 Å². The van der Waals surface area contributed by atoms with Crippen molar-refractivity contribution in [3.63, 3.8) is 0 Å². The molecule has 0 fully saturated rings. The fraction of sp³-hybridized carbons (Fsp3) is 0.167. The van der Waals surface area contributed by atoms with Crippen LogP contribution in [0, 0.1) is 0 Å². The molecule has 5 nitrogen and oxygen atoms in total. The SMILES string of the molecule is CCn1cc(S(=O)(=O)N(Cc2ccccc2)c2ccccc2)cn1. The van der Waals surface area contributed by atoms with Gasteiger partial charge in [0.15, 0.2) is 0 Å². The normalized spacial score (nSPS) is 11.4. The Morgan fingerprint density at radius 2 is 1.62 bits per heavy atom. The first-order valence-electron chi connectivity index (χ1n) is 7.75. The average molecular weight is 341 g/mol. The summed E-state index contributed by atoms with van der Waals surface area (Å²) in [5.41, 5.74) is 1.55. The Morgan fingerprint density at radius 1 is 1.00 bits per heavy atom. The van der Waals surface area contributed by atoms with E-state index in [1.165, 1.54) is 10.5 Å². The van der Waals surface area contributed by atoms with Gasteiger partial charge in [0.1, 0.15) is 4.90 Å². The fourth-order valence-electron chi connectivity index (χ4n) is 2.44. The third-order valence-corrected chi connectivity index (χ3v) is 5.46. The molecule has 3 aromatic rings. The molecule has 0 spiro atoms. The van der Waals surface area contributed by atoms with Crippen LogP contribution in [-0.2, 0) is 23.1 Å². The highest BCUT2D eigenvalue weighted by molar-refractivity contribution is 7.92. The Bertz CT molecular complexity index is 890. The zero-order valence-electron chi connectivity index (χ0n) is 13.4. The van der Waals surface area contributed by atoms with E-state index in [-0.39, 0.29) is 11.4 Å². The number of sulfonamides is 1. The number of anilines is 1. The lowest BCUT2D eigenvalue weighted by atomic mass is 10.2. The van der Waals surface area contributed by atoms with Gasteiger partial charge in [0, 0.05) is 12.7 Å². The van der Waals surface area contributed by atoms with Crippen molar-refractivity contribution in [3.8, 4) is 0 Å². The second kappa shape index (κ2) is 6.88. The second-order valence-corrected chi connectivity index (χ2v) is 7.23. The topological polar surface area (TPSA) is 55.2 Å². The maximum absolute atomic E-state index is 13.1. The third kappa shape index (κ3) is 3.33. The van der Waals surface area contributed by atoms with E-state index in [2.05, 4.69) is 5.10 Å². The summed E-state index contributed by atoms with van der Waals surface area (Å²) in [5.74, 6) is 0. The monoisotopic (exact) mass is 341 g/mol. The van der Waals surface area contributed by atoms with Gasteiger partial charge in [0.2, 0.25) is 0 Å². The van der Waals surface area contributed by atoms with Crippen molar-refractivity contribution in [1.29, 1.82) is 0 Å². The molecule has 0 aliphatic carbocycles. The first-order valence-corrected chi connectivity index (χ1v) is 9.19. The lowest BCUT2D eigenvalue weighted by Crippen LogP contribution is -2.30. The van der Waals surface area contributed by atoms with Gasteiger partial charge in [0.25, 0.3) is 10.0 Å². The summed E-state index contributed by atoms with van der Waals surface area (Å²) in [6.07, 6.45) is 2.97. The lowest BCUT2D eigenvalue weighted by molar-refractivity contribution is 0.590. The van der Waals surface area contributed by atoms with Crippen molar-refractivity contribution in [2.45, 2.75) is 24.9 Å². The zero-order valence-corrected chi connectivity index (χ0v) is 14.2. The predicted molar refractivity (Wildman–Crippen MR) is 94.2 cm³/mol. The molecule has 0 saturated carbocycles. The van der Waals surface area contributed by atoms with Gasteiger partial charge in [-0.1, -0.05) is 48.5 Å². The Balaban J connectivity index is 2.03. The van der Waals surface area contributed by atoms with Crippen molar-refractivity contribution < 1.29 is 8.42 Å². The lowest BCUT2D eigenvalue weighted by Gasteiger charge is -2.24. The van der Waals surface area contributed by atoms with Gasteiger partial charge in [0.05, 0.1) is 18.4 Å². The van der Waals surface area contributed by atoms with Gasteiger partial charge in [-0.3, -0.25) is 8.99 Å². The number of hydrogen-bond acceptors (Lipinski definition) is 3. The van der Waals surface area contributed by atoms with Gasteiger partial charge in [-0.25, -0.2) is 8.42 Å². The second-order valence-electron chi connectivity index (χ2n) is 5.36. The largest absolute Gasteiger partial charge is 0.272 e. The molecule has 1 heterocycles. The molecule has 1 aromatic heterocycles. The molecule has 0 aliphatic rings. The van der Waals surface area contributed by atoms with Crippen molar-refractivity contribution >= 4 is 15.7 Å². The van der Waals surface area contributed by atoms with Crippen LogP contribution in [0.3, 0.4) is 0 Å². The highest BCUT2D eigenvalue weighted by atomic mass is 32.2. The highest BCUT2D eigenvalue weighted by Gasteiger charge is 2.26. The van der Waals surface area contributed by atoms with Crippen LogP contribution < -0.4 is 4.31 Å². The molecular weight excluding hydrogens is 322 g/mol. The first kappa shape index (κ1) is 16.3. The fourth-order valence-corrected chi connectivity index (χ4v) is 3.84. The third-order valence-electron chi connectivity index (χ3n) is 3.73. The predicted octanol–water partition coefficient (Wildman–Crippen LogP) is 3.30. The number of benzene rings is 2. The number of hydrogen-bond donors (Lipinski definition) is 0.